The van der Waals surface area contributed by atoms with Crippen LogP contribution in [0.1, 0.15) is 28.8 Å². The molecule has 2 aromatic carbocycles. The van der Waals surface area contributed by atoms with Crippen LogP contribution in [-0.4, -0.2) is 67.1 Å². The molecule has 2 aromatic rings. The zero-order valence-electron chi connectivity index (χ0n) is 17.5. The van der Waals surface area contributed by atoms with Gasteiger partial charge in [0.1, 0.15) is 18.2 Å². The Kier molecular flexibility index (Phi) is 6.82. The van der Waals surface area contributed by atoms with Gasteiger partial charge in [0, 0.05) is 25.2 Å². The highest BCUT2D eigenvalue weighted by atomic mass is 19.1. The monoisotopic (exact) mass is 426 g/mol. The third kappa shape index (κ3) is 5.41. The van der Waals surface area contributed by atoms with E-state index in [1.807, 2.05) is 4.90 Å². The molecule has 4 rings (SSSR count). The number of ether oxygens (including phenoxy) is 2. The third-order valence-corrected chi connectivity index (χ3v) is 5.78. The molecule has 0 aliphatic carbocycles. The van der Waals surface area contributed by atoms with E-state index in [-0.39, 0.29) is 30.1 Å². The molecule has 2 heterocycles. The smallest absolute Gasteiger partial charge is 0.254 e. The van der Waals surface area contributed by atoms with E-state index in [1.165, 1.54) is 12.1 Å². The number of rotatable bonds is 6. The highest BCUT2D eigenvalue weighted by Crippen LogP contribution is 2.21. The minimum absolute atomic E-state index is 0.000219. The van der Waals surface area contributed by atoms with Crippen molar-refractivity contribution in [3.8, 4) is 5.75 Å². The Bertz CT molecular complexity index is 912. The summed E-state index contributed by atoms with van der Waals surface area (Å²) >= 11 is 0. The zero-order valence-corrected chi connectivity index (χ0v) is 17.5. The van der Waals surface area contributed by atoms with Crippen LogP contribution in [0.5, 0.6) is 5.75 Å². The molecule has 2 aliphatic rings. The number of carbonyl (C=O) groups is 2. The molecule has 6 nitrogen and oxygen atoms in total. The molecule has 0 saturated carbocycles. The van der Waals surface area contributed by atoms with Crippen LogP contribution in [0, 0.1) is 5.82 Å². The van der Waals surface area contributed by atoms with Crippen molar-refractivity contribution in [2.45, 2.75) is 25.3 Å². The van der Waals surface area contributed by atoms with E-state index in [0.717, 1.165) is 12.8 Å². The Balaban J connectivity index is 1.30. The highest BCUT2D eigenvalue weighted by molar-refractivity contribution is 5.94. The fourth-order valence-electron chi connectivity index (χ4n) is 4.10. The molecule has 1 unspecified atom stereocenters. The number of likely N-dealkylation sites (tertiary alicyclic amines) is 1. The normalized spacial score (nSPS) is 18.8. The van der Waals surface area contributed by atoms with Crippen molar-refractivity contribution in [3.05, 3.63) is 65.5 Å². The van der Waals surface area contributed by atoms with Gasteiger partial charge >= 0.3 is 0 Å². The maximum absolute atomic E-state index is 13.4. The van der Waals surface area contributed by atoms with E-state index in [1.54, 1.807) is 41.3 Å². The van der Waals surface area contributed by atoms with Crippen molar-refractivity contribution >= 4 is 11.8 Å². The summed E-state index contributed by atoms with van der Waals surface area (Å²) in [6.45, 7) is 3.45. The van der Waals surface area contributed by atoms with Gasteiger partial charge in [0.15, 0.2) is 0 Å². The van der Waals surface area contributed by atoms with Crippen molar-refractivity contribution in [1.82, 2.24) is 9.80 Å². The summed E-state index contributed by atoms with van der Waals surface area (Å²) in [5.74, 6) is 0.327. The molecule has 2 saturated heterocycles. The molecule has 2 aliphatic heterocycles. The fourth-order valence-corrected chi connectivity index (χ4v) is 4.10. The minimum atomic E-state index is -0.331. The molecule has 1 atom stereocenters. The maximum atomic E-state index is 13.4. The van der Waals surface area contributed by atoms with Crippen LogP contribution in [0.2, 0.25) is 0 Å². The van der Waals surface area contributed by atoms with Crippen molar-refractivity contribution in [1.29, 1.82) is 0 Å². The Labute approximate surface area is 181 Å². The summed E-state index contributed by atoms with van der Waals surface area (Å²) in [5.41, 5.74) is 1.30. The van der Waals surface area contributed by atoms with Gasteiger partial charge in [-0.2, -0.15) is 0 Å². The first-order chi connectivity index (χ1) is 15.1. The van der Waals surface area contributed by atoms with Gasteiger partial charge in [0.2, 0.25) is 5.91 Å². The van der Waals surface area contributed by atoms with Crippen molar-refractivity contribution < 1.29 is 23.5 Å². The van der Waals surface area contributed by atoms with Crippen molar-refractivity contribution in [3.63, 3.8) is 0 Å². The average Bonchev–Trinajstić information content (AvgIpc) is 3.27. The number of hydrogen-bond donors (Lipinski definition) is 0. The van der Waals surface area contributed by atoms with Gasteiger partial charge in [-0.1, -0.05) is 12.1 Å². The molecule has 164 valence electrons. The number of morpholine rings is 1. The van der Waals surface area contributed by atoms with Crippen LogP contribution in [0.3, 0.4) is 0 Å². The summed E-state index contributed by atoms with van der Waals surface area (Å²) in [5, 5.41) is 0. The second kappa shape index (κ2) is 9.92. The van der Waals surface area contributed by atoms with E-state index >= 15 is 0 Å². The van der Waals surface area contributed by atoms with Gasteiger partial charge in [0.25, 0.3) is 5.91 Å². The molecule has 0 spiro atoms. The maximum Gasteiger partial charge on any atom is 0.254 e. The lowest BCUT2D eigenvalue weighted by Gasteiger charge is -2.27. The highest BCUT2D eigenvalue weighted by Gasteiger charge is 2.29. The molecule has 0 bridgehead atoms. The van der Waals surface area contributed by atoms with Crippen molar-refractivity contribution in [2.24, 2.45) is 0 Å². The zero-order chi connectivity index (χ0) is 21.6. The number of hydrogen-bond acceptors (Lipinski definition) is 4. The SMILES string of the molecule is O=C(c1ccc(OCC2CCCN2C(=O)Cc2cccc(F)c2)cc1)N1CCOCC1. The predicted octanol–water partition coefficient (Wildman–Crippen LogP) is 2.91. The lowest BCUT2D eigenvalue weighted by atomic mass is 10.1. The molecule has 2 amide bonds. The quantitative estimate of drug-likeness (QED) is 0.713. The van der Waals surface area contributed by atoms with Gasteiger partial charge in [-0.3, -0.25) is 9.59 Å². The summed E-state index contributed by atoms with van der Waals surface area (Å²) in [6.07, 6.45) is 1.99. The Morgan fingerprint density at radius 2 is 1.84 bits per heavy atom. The lowest BCUT2D eigenvalue weighted by molar-refractivity contribution is -0.131. The Morgan fingerprint density at radius 1 is 1.06 bits per heavy atom. The molecule has 0 N–H and O–H groups in total. The largest absolute Gasteiger partial charge is 0.491 e. The minimum Gasteiger partial charge on any atom is -0.491 e. The number of benzene rings is 2. The van der Waals surface area contributed by atoms with E-state index < -0.39 is 0 Å². The van der Waals surface area contributed by atoms with Gasteiger partial charge < -0.3 is 19.3 Å². The molecule has 0 radical (unpaired) electrons. The second-order valence-corrected chi connectivity index (χ2v) is 7.93. The summed E-state index contributed by atoms with van der Waals surface area (Å²) in [4.78, 5) is 28.9. The molecule has 31 heavy (non-hydrogen) atoms. The first-order valence-electron chi connectivity index (χ1n) is 10.7. The first kappa shape index (κ1) is 21.3. The number of nitrogens with zero attached hydrogens (tertiary/aromatic N) is 2. The van der Waals surface area contributed by atoms with E-state index in [2.05, 4.69) is 0 Å². The summed E-state index contributed by atoms with van der Waals surface area (Å²) in [7, 11) is 0. The number of carbonyl (C=O) groups excluding carboxylic acids is 2. The standard InChI is InChI=1S/C24H27FN2O4/c25-20-4-1-3-18(15-20)16-23(28)27-10-2-5-21(27)17-31-22-8-6-19(7-9-22)24(29)26-11-13-30-14-12-26/h1,3-4,6-9,15,21H,2,5,10-14,16-17H2. The van der Waals surface area contributed by atoms with Gasteiger partial charge in [-0.25, -0.2) is 4.39 Å². The summed E-state index contributed by atoms with van der Waals surface area (Å²) in [6, 6.07) is 13.3. The Morgan fingerprint density at radius 3 is 2.58 bits per heavy atom. The number of halogens is 1. The number of amides is 2. The van der Waals surface area contributed by atoms with Crippen LogP contribution in [0.15, 0.2) is 48.5 Å². The van der Waals surface area contributed by atoms with Crippen LogP contribution in [-0.2, 0) is 16.0 Å². The molecular weight excluding hydrogens is 399 g/mol. The first-order valence-corrected chi connectivity index (χ1v) is 10.7. The second-order valence-electron chi connectivity index (χ2n) is 7.93. The predicted molar refractivity (Wildman–Crippen MR) is 113 cm³/mol. The molecule has 0 aromatic heterocycles. The van der Waals surface area contributed by atoms with Gasteiger partial charge in [0.05, 0.1) is 25.7 Å². The van der Waals surface area contributed by atoms with E-state index in [4.69, 9.17) is 9.47 Å². The average molecular weight is 426 g/mol. The van der Waals surface area contributed by atoms with Crippen LogP contribution in [0.4, 0.5) is 4.39 Å². The van der Waals surface area contributed by atoms with Gasteiger partial charge in [-0.05, 0) is 54.8 Å². The molecule has 2 fully saturated rings. The molecule has 7 heteroatoms. The van der Waals surface area contributed by atoms with Crippen molar-refractivity contribution in [2.75, 3.05) is 39.5 Å². The van der Waals surface area contributed by atoms with Crippen LogP contribution >= 0.6 is 0 Å². The fraction of sp³-hybridized carbons (Fsp3) is 0.417. The topological polar surface area (TPSA) is 59.1 Å². The van der Waals surface area contributed by atoms with Gasteiger partial charge in [-0.15, -0.1) is 0 Å². The van der Waals surface area contributed by atoms with Crippen LogP contribution < -0.4 is 4.74 Å². The molecular formula is C24H27FN2O4. The lowest BCUT2D eigenvalue weighted by Crippen LogP contribution is -2.40. The van der Waals surface area contributed by atoms with E-state index in [9.17, 15) is 14.0 Å². The van der Waals surface area contributed by atoms with Crippen LogP contribution in [0.25, 0.3) is 0 Å². The third-order valence-electron chi connectivity index (χ3n) is 5.78. The van der Waals surface area contributed by atoms with E-state index in [0.29, 0.717) is 56.3 Å². The Hall–Kier alpha value is -2.93. The summed E-state index contributed by atoms with van der Waals surface area (Å²) < 4.78 is 24.6.